The van der Waals surface area contributed by atoms with Gasteiger partial charge in [0, 0.05) is 14.0 Å². The highest BCUT2D eigenvalue weighted by molar-refractivity contribution is 7.99. The third kappa shape index (κ3) is 2.87. The molecule has 1 aromatic heterocycles. The number of hydrogen-bond acceptors (Lipinski definition) is 5. The van der Waals surface area contributed by atoms with Gasteiger partial charge in [-0.2, -0.15) is 0 Å². The number of nitrogens with zero attached hydrogens (tertiary/aromatic N) is 3. The molecule has 21 heavy (non-hydrogen) atoms. The van der Waals surface area contributed by atoms with E-state index in [1.54, 1.807) is 14.0 Å². The summed E-state index contributed by atoms with van der Waals surface area (Å²) in [5.41, 5.74) is -0.0968. The first-order chi connectivity index (χ1) is 9.81. The number of halogens is 1. The molecule has 0 aliphatic heterocycles. The van der Waals surface area contributed by atoms with Crippen LogP contribution in [0.4, 0.5) is 10.2 Å². The Kier molecular flexibility index (Phi) is 3.94. The molecule has 0 saturated heterocycles. The lowest BCUT2D eigenvalue weighted by atomic mass is 10.2. The lowest BCUT2D eigenvalue weighted by molar-refractivity contribution is -0.392. The van der Waals surface area contributed by atoms with E-state index in [4.69, 9.17) is 5.11 Å². The Morgan fingerprint density at radius 1 is 1.52 bits per heavy atom. The number of rotatable bonds is 4. The normalized spacial score (nSPS) is 10.6. The zero-order chi connectivity index (χ0) is 15.7. The van der Waals surface area contributed by atoms with Crippen LogP contribution in [0.1, 0.15) is 16.2 Å². The van der Waals surface area contributed by atoms with E-state index in [-0.39, 0.29) is 21.3 Å². The van der Waals surface area contributed by atoms with E-state index in [1.807, 2.05) is 0 Å². The summed E-state index contributed by atoms with van der Waals surface area (Å²) in [4.78, 5) is 25.0. The van der Waals surface area contributed by atoms with Gasteiger partial charge in [0.1, 0.15) is 5.82 Å². The molecule has 0 radical (unpaired) electrons. The molecule has 0 aliphatic carbocycles. The summed E-state index contributed by atoms with van der Waals surface area (Å²) < 4.78 is 15.2. The summed E-state index contributed by atoms with van der Waals surface area (Å²) in [6.45, 7) is 1.58. The van der Waals surface area contributed by atoms with Crippen LogP contribution in [0.15, 0.2) is 28.1 Å². The van der Waals surface area contributed by atoms with E-state index < -0.39 is 16.7 Å². The number of nitro groups is 1. The monoisotopic (exact) mass is 311 g/mol. The number of aromatic nitrogens is 2. The first-order valence-corrected chi connectivity index (χ1v) is 6.51. The summed E-state index contributed by atoms with van der Waals surface area (Å²) >= 11 is 0.769. The van der Waals surface area contributed by atoms with Gasteiger partial charge in [0.05, 0.1) is 10.5 Å². The Labute approximate surface area is 122 Å². The maximum Gasteiger partial charge on any atom is 0.396 e. The molecule has 2 rings (SSSR count). The first kappa shape index (κ1) is 15.0. The molecular formula is C12H10FN3O4S. The maximum atomic E-state index is 13.8. The van der Waals surface area contributed by atoms with Crippen LogP contribution >= 0.6 is 11.8 Å². The zero-order valence-corrected chi connectivity index (χ0v) is 11.8. The van der Waals surface area contributed by atoms with Crippen molar-refractivity contribution in [2.45, 2.75) is 16.8 Å². The Hall–Kier alpha value is -2.42. The molecule has 0 saturated carbocycles. The molecule has 0 aliphatic rings. The molecule has 0 fully saturated rings. The summed E-state index contributed by atoms with van der Waals surface area (Å²) in [6, 6.07) is 3.28. The Morgan fingerprint density at radius 3 is 2.76 bits per heavy atom. The molecule has 0 amide bonds. The molecule has 0 atom stereocenters. The number of aryl methyl sites for hydroxylation is 1. The molecule has 1 aromatic carbocycles. The van der Waals surface area contributed by atoms with Gasteiger partial charge in [-0.1, -0.05) is 11.8 Å². The van der Waals surface area contributed by atoms with Crippen molar-refractivity contribution in [2.24, 2.45) is 7.05 Å². The highest BCUT2D eigenvalue weighted by atomic mass is 32.2. The number of carbonyl (C=O) groups is 1. The number of aromatic carboxylic acids is 1. The quantitative estimate of drug-likeness (QED) is 0.688. The van der Waals surface area contributed by atoms with Crippen LogP contribution < -0.4 is 0 Å². The maximum absolute atomic E-state index is 13.8. The average Bonchev–Trinajstić information content (AvgIpc) is 2.69. The predicted molar refractivity (Wildman–Crippen MR) is 72.1 cm³/mol. The third-order valence-corrected chi connectivity index (χ3v) is 3.99. The van der Waals surface area contributed by atoms with Gasteiger partial charge in [-0.15, -0.1) is 0 Å². The minimum atomic E-state index is -1.20. The molecule has 110 valence electrons. The van der Waals surface area contributed by atoms with Crippen LogP contribution in [-0.2, 0) is 7.05 Å². The summed E-state index contributed by atoms with van der Waals surface area (Å²) in [7, 11) is 1.57. The van der Waals surface area contributed by atoms with Gasteiger partial charge in [-0.05, 0) is 28.1 Å². The van der Waals surface area contributed by atoms with E-state index >= 15 is 0 Å². The fraction of sp³-hybridized carbons (Fsp3) is 0.167. The summed E-state index contributed by atoms with van der Waals surface area (Å²) in [5, 5.41) is 20.0. The number of benzene rings is 1. The van der Waals surface area contributed by atoms with Gasteiger partial charge >= 0.3 is 11.8 Å². The smallest absolute Gasteiger partial charge is 0.396 e. The highest BCUT2D eigenvalue weighted by Crippen LogP contribution is 2.36. The van der Waals surface area contributed by atoms with Gasteiger partial charge in [0.15, 0.2) is 5.03 Å². The van der Waals surface area contributed by atoms with Crippen LogP contribution in [0.2, 0.25) is 0 Å². The van der Waals surface area contributed by atoms with Gasteiger partial charge in [0.25, 0.3) is 0 Å². The number of carboxylic acids is 1. The van der Waals surface area contributed by atoms with E-state index in [2.05, 4.69) is 4.98 Å². The van der Waals surface area contributed by atoms with Crippen LogP contribution in [0.25, 0.3) is 0 Å². The molecule has 1 N–H and O–H groups in total. The second kappa shape index (κ2) is 5.52. The van der Waals surface area contributed by atoms with Crippen molar-refractivity contribution in [3.63, 3.8) is 0 Å². The minimum Gasteiger partial charge on any atom is -0.478 e. The van der Waals surface area contributed by atoms with Crippen molar-refractivity contribution in [1.29, 1.82) is 0 Å². The summed E-state index contributed by atoms with van der Waals surface area (Å²) in [6.07, 6.45) is 0. The molecule has 7 nitrogen and oxygen atoms in total. The molecule has 9 heteroatoms. The van der Waals surface area contributed by atoms with Gasteiger partial charge in [-0.25, -0.2) is 9.18 Å². The van der Waals surface area contributed by atoms with Crippen LogP contribution in [0.3, 0.4) is 0 Å². The Bertz CT molecular complexity index is 744. The van der Waals surface area contributed by atoms with Crippen molar-refractivity contribution >= 4 is 23.5 Å². The number of imidazole rings is 1. The Morgan fingerprint density at radius 2 is 2.19 bits per heavy atom. The van der Waals surface area contributed by atoms with Crippen molar-refractivity contribution in [1.82, 2.24) is 9.55 Å². The largest absolute Gasteiger partial charge is 0.478 e. The molecule has 0 bridgehead atoms. The molecule has 1 heterocycles. The van der Waals surface area contributed by atoms with E-state index in [9.17, 15) is 19.3 Å². The molecule has 0 unspecified atom stereocenters. The van der Waals surface area contributed by atoms with Crippen LogP contribution in [-0.4, -0.2) is 25.6 Å². The third-order valence-electron chi connectivity index (χ3n) is 2.81. The average molecular weight is 311 g/mol. The van der Waals surface area contributed by atoms with Crippen LogP contribution in [0, 0.1) is 22.9 Å². The number of hydrogen-bond donors (Lipinski definition) is 1. The second-order valence-corrected chi connectivity index (χ2v) is 5.19. The molecular weight excluding hydrogens is 301 g/mol. The minimum absolute atomic E-state index is 0.0130. The van der Waals surface area contributed by atoms with Gasteiger partial charge < -0.3 is 15.2 Å². The molecule has 2 aromatic rings. The Balaban J connectivity index is 2.50. The van der Waals surface area contributed by atoms with Gasteiger partial charge in [-0.3, -0.25) is 4.57 Å². The van der Waals surface area contributed by atoms with E-state index in [1.165, 1.54) is 4.57 Å². The topological polar surface area (TPSA) is 98.3 Å². The van der Waals surface area contributed by atoms with Crippen molar-refractivity contribution < 1.29 is 19.2 Å². The van der Waals surface area contributed by atoms with E-state index in [0.717, 1.165) is 30.0 Å². The first-order valence-electron chi connectivity index (χ1n) is 5.69. The fourth-order valence-corrected chi connectivity index (χ4v) is 2.67. The standard InChI is InChI=1S/C12H10FN3O4S/c1-6-14-10(16(19)20)11(15(6)2)21-9-5-7(12(17)18)3-4-8(9)13/h3-5H,1-2H3,(H,17,18). The van der Waals surface area contributed by atoms with Crippen LogP contribution in [0.5, 0.6) is 0 Å². The lowest BCUT2D eigenvalue weighted by Gasteiger charge is -2.05. The molecule has 0 spiro atoms. The fourth-order valence-electron chi connectivity index (χ4n) is 1.62. The van der Waals surface area contributed by atoms with Crippen molar-refractivity contribution in [3.8, 4) is 0 Å². The highest BCUT2D eigenvalue weighted by Gasteiger charge is 2.25. The summed E-state index contributed by atoms with van der Waals surface area (Å²) in [5.74, 6) is -1.84. The van der Waals surface area contributed by atoms with Crippen molar-refractivity contribution in [2.75, 3.05) is 0 Å². The lowest BCUT2D eigenvalue weighted by Crippen LogP contribution is -1.99. The number of carboxylic acid groups (broad SMARTS) is 1. The van der Waals surface area contributed by atoms with Crippen molar-refractivity contribution in [3.05, 3.63) is 45.5 Å². The van der Waals surface area contributed by atoms with E-state index in [0.29, 0.717) is 5.82 Å². The van der Waals surface area contributed by atoms with Gasteiger partial charge in [0.2, 0.25) is 5.82 Å². The SMILES string of the molecule is Cc1nc([N+](=O)[O-])c(Sc2cc(C(=O)O)ccc2F)n1C. The second-order valence-electron chi connectivity index (χ2n) is 4.16. The predicted octanol–water partition coefficient (Wildman–Crippen LogP) is 2.63. The zero-order valence-electron chi connectivity index (χ0n) is 11.0.